The van der Waals surface area contributed by atoms with Gasteiger partial charge in [0.25, 0.3) is 0 Å². The van der Waals surface area contributed by atoms with Gasteiger partial charge in [-0.3, -0.25) is 0 Å². The first kappa shape index (κ1) is 16.4. The average Bonchev–Trinajstić information content (AvgIpc) is 2.41. The predicted molar refractivity (Wildman–Crippen MR) is 74.3 cm³/mol. The molecular weight excluding hydrogens is 246 g/mol. The van der Waals surface area contributed by atoms with Gasteiger partial charge in [-0.05, 0) is 13.1 Å². The Morgan fingerprint density at radius 1 is 0.947 bits per heavy atom. The highest BCUT2D eigenvalue weighted by Crippen LogP contribution is 2.03. The van der Waals surface area contributed by atoms with E-state index >= 15 is 0 Å². The third-order valence-corrected chi connectivity index (χ3v) is 2.90. The first-order chi connectivity index (χ1) is 9.33. The summed E-state index contributed by atoms with van der Waals surface area (Å²) in [6.45, 7) is 8.41. The van der Waals surface area contributed by atoms with Crippen molar-refractivity contribution < 1.29 is 18.9 Å². The van der Waals surface area contributed by atoms with Gasteiger partial charge in [0.2, 0.25) is 0 Å². The minimum Gasteiger partial charge on any atom is -0.497 e. The fourth-order valence-corrected chi connectivity index (χ4v) is 1.65. The van der Waals surface area contributed by atoms with Crippen LogP contribution >= 0.6 is 0 Å². The highest BCUT2D eigenvalue weighted by atomic mass is 16.5. The van der Waals surface area contributed by atoms with Crippen LogP contribution in [0.25, 0.3) is 0 Å². The van der Waals surface area contributed by atoms with Crippen molar-refractivity contribution in [1.82, 2.24) is 4.90 Å². The summed E-state index contributed by atoms with van der Waals surface area (Å²) in [4.78, 5) is 2.20. The van der Waals surface area contributed by atoms with Gasteiger partial charge in [-0.25, -0.2) is 0 Å². The van der Waals surface area contributed by atoms with Crippen molar-refractivity contribution in [3.8, 4) is 0 Å². The lowest BCUT2D eigenvalue weighted by molar-refractivity contribution is 0.0136. The van der Waals surface area contributed by atoms with Crippen molar-refractivity contribution in [3.63, 3.8) is 0 Å². The van der Waals surface area contributed by atoms with Crippen LogP contribution in [0.4, 0.5) is 0 Å². The first-order valence-corrected chi connectivity index (χ1v) is 7.06. The number of rotatable bonds is 1. The van der Waals surface area contributed by atoms with Crippen LogP contribution in [0.1, 0.15) is 13.3 Å². The van der Waals surface area contributed by atoms with E-state index in [9.17, 15) is 0 Å². The van der Waals surface area contributed by atoms with Crippen LogP contribution in [0.5, 0.6) is 0 Å². The van der Waals surface area contributed by atoms with Gasteiger partial charge < -0.3 is 23.8 Å². The Morgan fingerprint density at radius 3 is 2.32 bits per heavy atom. The molecule has 1 aliphatic heterocycles. The topological polar surface area (TPSA) is 40.2 Å². The molecular formula is C14H27NO4. The smallest absolute Gasteiger partial charge is 0.100 e. The van der Waals surface area contributed by atoms with E-state index in [4.69, 9.17) is 18.9 Å². The quantitative estimate of drug-likeness (QED) is 0.720. The third-order valence-electron chi connectivity index (χ3n) is 2.90. The number of hydrogen-bond acceptors (Lipinski definition) is 5. The van der Waals surface area contributed by atoms with Gasteiger partial charge in [-0.2, -0.15) is 0 Å². The maximum absolute atomic E-state index is 5.73. The fourth-order valence-electron chi connectivity index (χ4n) is 1.65. The highest BCUT2D eigenvalue weighted by molar-refractivity contribution is 4.92. The van der Waals surface area contributed by atoms with Crippen LogP contribution < -0.4 is 0 Å². The normalized spacial score (nSPS) is 25.3. The Balaban J connectivity index is 2.33. The molecule has 1 rings (SSSR count). The Morgan fingerprint density at radius 2 is 1.58 bits per heavy atom. The molecule has 0 bridgehead atoms. The van der Waals surface area contributed by atoms with E-state index in [1.807, 2.05) is 6.08 Å². The average molecular weight is 273 g/mol. The van der Waals surface area contributed by atoms with Crippen LogP contribution in [0.3, 0.4) is 0 Å². The van der Waals surface area contributed by atoms with Gasteiger partial charge in [0.05, 0.1) is 45.4 Å². The van der Waals surface area contributed by atoms with Crippen molar-refractivity contribution in [2.45, 2.75) is 13.3 Å². The van der Waals surface area contributed by atoms with Gasteiger partial charge in [-0.1, -0.05) is 6.92 Å². The second-order valence-electron chi connectivity index (χ2n) is 4.48. The molecule has 112 valence electrons. The van der Waals surface area contributed by atoms with E-state index < -0.39 is 0 Å². The summed E-state index contributed by atoms with van der Waals surface area (Å²) in [5, 5.41) is 0. The van der Waals surface area contributed by atoms with E-state index in [-0.39, 0.29) is 0 Å². The molecule has 0 fully saturated rings. The minimum absolute atomic E-state index is 0.582. The first-order valence-electron chi connectivity index (χ1n) is 7.06. The van der Waals surface area contributed by atoms with Crippen molar-refractivity contribution in [3.05, 3.63) is 11.8 Å². The monoisotopic (exact) mass is 273 g/mol. The van der Waals surface area contributed by atoms with E-state index in [2.05, 4.69) is 18.9 Å². The minimum atomic E-state index is 0.582. The summed E-state index contributed by atoms with van der Waals surface area (Å²) in [7, 11) is 2.07. The molecule has 0 N–H and O–H groups in total. The van der Waals surface area contributed by atoms with Crippen LogP contribution in [-0.4, -0.2) is 71.3 Å². The maximum Gasteiger partial charge on any atom is 0.100 e. The summed E-state index contributed by atoms with van der Waals surface area (Å²) in [6.07, 6.45) is 2.90. The number of nitrogens with zero attached hydrogens (tertiary/aromatic N) is 1. The largest absolute Gasteiger partial charge is 0.497 e. The molecule has 0 aromatic rings. The number of hydrogen-bond donors (Lipinski definition) is 0. The molecule has 1 aliphatic rings. The van der Waals surface area contributed by atoms with Crippen molar-refractivity contribution in [2.75, 3.05) is 66.4 Å². The molecule has 0 aliphatic carbocycles. The lowest BCUT2D eigenvalue weighted by Crippen LogP contribution is -2.27. The zero-order valence-electron chi connectivity index (χ0n) is 12.2. The van der Waals surface area contributed by atoms with Gasteiger partial charge in [-0.15, -0.1) is 0 Å². The SMILES string of the molecule is CC/C1=C\COCCOCCOCCN(C)CCO1. The maximum atomic E-state index is 5.73. The second kappa shape index (κ2) is 11.2. The zero-order chi connectivity index (χ0) is 13.8. The summed E-state index contributed by atoms with van der Waals surface area (Å²) in [5.74, 6) is 0.998. The van der Waals surface area contributed by atoms with E-state index in [0.29, 0.717) is 39.6 Å². The molecule has 0 aromatic carbocycles. The Hall–Kier alpha value is -0.620. The van der Waals surface area contributed by atoms with Crippen molar-refractivity contribution >= 4 is 0 Å². The summed E-state index contributed by atoms with van der Waals surface area (Å²) < 4.78 is 22.1. The molecule has 5 nitrogen and oxygen atoms in total. The Kier molecular flexibility index (Phi) is 9.71. The lowest BCUT2D eigenvalue weighted by atomic mass is 10.3. The zero-order valence-corrected chi connectivity index (χ0v) is 12.2. The number of ether oxygens (including phenoxy) is 4. The van der Waals surface area contributed by atoms with Crippen LogP contribution in [0.2, 0.25) is 0 Å². The van der Waals surface area contributed by atoms with Gasteiger partial charge in [0.1, 0.15) is 6.61 Å². The van der Waals surface area contributed by atoms with Crippen molar-refractivity contribution in [1.29, 1.82) is 0 Å². The molecule has 0 unspecified atom stereocenters. The standard InChI is InChI=1S/C14H27NO4/c1-3-14-4-7-16-10-12-18-13-11-17-8-5-15(2)6-9-19-14/h4H,3,5-13H2,1-2H3/b14-4+. The lowest BCUT2D eigenvalue weighted by Gasteiger charge is -2.18. The van der Waals surface area contributed by atoms with E-state index in [1.165, 1.54) is 0 Å². The molecule has 0 aromatic heterocycles. The van der Waals surface area contributed by atoms with Crippen molar-refractivity contribution in [2.24, 2.45) is 0 Å². The van der Waals surface area contributed by atoms with Gasteiger partial charge in [0.15, 0.2) is 0 Å². The molecule has 0 spiro atoms. The van der Waals surface area contributed by atoms with Crippen LogP contribution in [0, 0.1) is 0 Å². The molecule has 0 atom stereocenters. The summed E-state index contributed by atoms with van der Waals surface area (Å²) in [5.41, 5.74) is 0. The van der Waals surface area contributed by atoms with Gasteiger partial charge >= 0.3 is 0 Å². The summed E-state index contributed by atoms with van der Waals surface area (Å²) >= 11 is 0. The fraction of sp³-hybridized carbons (Fsp3) is 0.857. The predicted octanol–water partition coefficient (Wildman–Crippen LogP) is 1.29. The molecule has 0 radical (unpaired) electrons. The molecule has 1 heterocycles. The Labute approximate surface area is 116 Å². The molecule has 0 saturated heterocycles. The summed E-state index contributed by atoms with van der Waals surface area (Å²) in [6, 6.07) is 0. The second-order valence-corrected chi connectivity index (χ2v) is 4.48. The van der Waals surface area contributed by atoms with Crippen LogP contribution in [-0.2, 0) is 18.9 Å². The number of likely N-dealkylation sites (N-methyl/N-ethyl adjacent to an activating group) is 1. The third kappa shape index (κ3) is 8.99. The molecule has 0 amide bonds. The molecule has 19 heavy (non-hydrogen) atoms. The highest BCUT2D eigenvalue weighted by Gasteiger charge is 2.01. The molecule has 5 heteroatoms. The van der Waals surface area contributed by atoms with E-state index in [1.54, 1.807) is 0 Å². The van der Waals surface area contributed by atoms with Gasteiger partial charge in [0, 0.05) is 19.5 Å². The van der Waals surface area contributed by atoms with Crippen LogP contribution in [0.15, 0.2) is 11.8 Å². The van der Waals surface area contributed by atoms with E-state index in [0.717, 1.165) is 31.9 Å². The molecule has 0 saturated carbocycles. The Bertz CT molecular complexity index is 246. The number of allylic oxidation sites excluding steroid dienone is 1.